The standard InChI is InChI=1S/C26H44N6O9/c1-16(2)40-15-30-21(35)11-20(34)27-9-7-5-6-8-10-39-26-22(31-17(3)33)24(37)23(36)19(41-26)12-28-25(38)18-13-32(4)14-29-18/h13-14,16,19,22-24,26,36-37H,5-12,15H2,1-4H3,(H,27,34)(H,28,38)(H,30,35)(H,31,33). The molecule has 1 aliphatic rings. The van der Waals surface area contributed by atoms with Crippen LogP contribution in [0.25, 0.3) is 0 Å². The van der Waals surface area contributed by atoms with Crippen LogP contribution in [0.3, 0.4) is 0 Å². The number of imidazole rings is 1. The fraction of sp³-hybridized carbons (Fsp3) is 0.731. The number of rotatable bonds is 17. The van der Waals surface area contributed by atoms with Crippen LogP contribution in [0.15, 0.2) is 12.5 Å². The molecule has 0 aromatic carbocycles. The van der Waals surface area contributed by atoms with Gasteiger partial charge in [0, 0.05) is 39.9 Å². The summed E-state index contributed by atoms with van der Waals surface area (Å²) in [6.45, 7) is 5.60. The fourth-order valence-corrected chi connectivity index (χ4v) is 4.01. The summed E-state index contributed by atoms with van der Waals surface area (Å²) in [6, 6.07) is -1.01. The Balaban J connectivity index is 1.70. The highest BCUT2D eigenvalue weighted by molar-refractivity contribution is 5.96. The van der Waals surface area contributed by atoms with Crippen molar-refractivity contribution >= 4 is 23.6 Å². The van der Waals surface area contributed by atoms with Gasteiger partial charge in [0.25, 0.3) is 5.91 Å². The number of carbonyl (C=O) groups excluding carboxylic acids is 4. The third kappa shape index (κ3) is 12.5. The molecule has 6 N–H and O–H groups in total. The lowest BCUT2D eigenvalue weighted by atomic mass is 9.96. The highest BCUT2D eigenvalue weighted by Gasteiger charge is 2.45. The Kier molecular flexibility index (Phi) is 14.7. The summed E-state index contributed by atoms with van der Waals surface area (Å²) in [5, 5.41) is 31.6. The second-order valence-corrected chi connectivity index (χ2v) is 10.2. The normalized spacial score (nSPS) is 22.3. The van der Waals surface area contributed by atoms with Gasteiger partial charge in [-0.3, -0.25) is 19.2 Å². The van der Waals surface area contributed by atoms with Crippen molar-refractivity contribution in [2.75, 3.05) is 26.4 Å². The Morgan fingerprint density at radius 2 is 1.76 bits per heavy atom. The molecule has 1 fully saturated rings. The zero-order valence-corrected chi connectivity index (χ0v) is 24.1. The molecular weight excluding hydrogens is 540 g/mol. The van der Waals surface area contributed by atoms with Crippen LogP contribution >= 0.6 is 0 Å². The number of carbonyl (C=O) groups is 4. The number of unbranched alkanes of at least 4 members (excludes halogenated alkanes) is 3. The van der Waals surface area contributed by atoms with Crippen LogP contribution in [0.4, 0.5) is 0 Å². The smallest absolute Gasteiger partial charge is 0.271 e. The second kappa shape index (κ2) is 17.6. The predicted octanol–water partition coefficient (Wildman–Crippen LogP) is -1.32. The number of aliphatic hydroxyl groups excluding tert-OH is 2. The molecule has 0 bridgehead atoms. The lowest BCUT2D eigenvalue weighted by molar-refractivity contribution is -0.262. The summed E-state index contributed by atoms with van der Waals surface area (Å²) in [5.74, 6) is -1.66. The molecule has 2 rings (SSSR count). The first-order chi connectivity index (χ1) is 19.5. The van der Waals surface area contributed by atoms with Gasteiger partial charge in [0.2, 0.25) is 17.7 Å². The summed E-state index contributed by atoms with van der Waals surface area (Å²) in [6.07, 6.45) is 0.851. The highest BCUT2D eigenvalue weighted by atomic mass is 16.7. The number of hydrogen-bond acceptors (Lipinski definition) is 10. The number of nitrogens with zero attached hydrogens (tertiary/aromatic N) is 2. The minimum atomic E-state index is -1.39. The number of ether oxygens (including phenoxy) is 3. The van der Waals surface area contributed by atoms with Crippen LogP contribution in [-0.2, 0) is 35.6 Å². The molecule has 5 atom stereocenters. The monoisotopic (exact) mass is 584 g/mol. The van der Waals surface area contributed by atoms with E-state index in [-0.39, 0.29) is 44.0 Å². The molecule has 1 aromatic heterocycles. The van der Waals surface area contributed by atoms with E-state index in [9.17, 15) is 29.4 Å². The van der Waals surface area contributed by atoms with E-state index >= 15 is 0 Å². The van der Waals surface area contributed by atoms with Crippen LogP contribution in [0.1, 0.15) is 63.4 Å². The fourth-order valence-electron chi connectivity index (χ4n) is 4.01. The first-order valence-electron chi connectivity index (χ1n) is 13.8. The van der Waals surface area contributed by atoms with Gasteiger partial charge in [-0.2, -0.15) is 0 Å². The minimum absolute atomic E-state index is 0.0165. The van der Waals surface area contributed by atoms with Gasteiger partial charge in [-0.15, -0.1) is 0 Å². The van der Waals surface area contributed by atoms with Gasteiger partial charge < -0.3 is 50.3 Å². The van der Waals surface area contributed by atoms with E-state index in [0.29, 0.717) is 19.4 Å². The first kappa shape index (κ1) is 34.1. The molecule has 0 saturated carbocycles. The lowest BCUT2D eigenvalue weighted by Gasteiger charge is -2.42. The van der Waals surface area contributed by atoms with Crippen molar-refractivity contribution in [1.29, 1.82) is 0 Å². The van der Waals surface area contributed by atoms with Crippen molar-refractivity contribution in [3.8, 4) is 0 Å². The van der Waals surface area contributed by atoms with E-state index in [1.54, 1.807) is 17.8 Å². The third-order valence-electron chi connectivity index (χ3n) is 6.15. The zero-order chi connectivity index (χ0) is 30.4. The number of aliphatic hydroxyl groups is 2. The maximum atomic E-state index is 12.3. The minimum Gasteiger partial charge on any atom is -0.388 e. The molecule has 41 heavy (non-hydrogen) atoms. The van der Waals surface area contributed by atoms with Crippen molar-refractivity contribution < 1.29 is 43.6 Å². The molecule has 0 radical (unpaired) electrons. The van der Waals surface area contributed by atoms with Gasteiger partial charge >= 0.3 is 0 Å². The largest absolute Gasteiger partial charge is 0.388 e. The van der Waals surface area contributed by atoms with E-state index in [2.05, 4.69) is 26.3 Å². The maximum absolute atomic E-state index is 12.3. The Morgan fingerprint density at radius 3 is 2.41 bits per heavy atom. The molecule has 15 heteroatoms. The van der Waals surface area contributed by atoms with E-state index in [4.69, 9.17) is 14.2 Å². The Labute approximate surface area is 239 Å². The van der Waals surface area contributed by atoms with Crippen molar-refractivity contribution in [3.63, 3.8) is 0 Å². The molecule has 0 spiro atoms. The SMILES string of the molecule is CC(=O)NC1C(OCCCCCCNC(=O)CC(=O)NCOC(C)C)OC(CNC(=O)c2cn(C)cn2)C(O)C1O. The molecule has 4 amide bonds. The highest BCUT2D eigenvalue weighted by Crippen LogP contribution is 2.22. The van der Waals surface area contributed by atoms with E-state index in [1.165, 1.54) is 13.3 Å². The summed E-state index contributed by atoms with van der Waals surface area (Å²) in [4.78, 5) is 51.5. The van der Waals surface area contributed by atoms with E-state index in [0.717, 1.165) is 12.8 Å². The Bertz CT molecular complexity index is 988. The average molecular weight is 585 g/mol. The molecule has 0 aliphatic carbocycles. The number of aromatic nitrogens is 2. The van der Waals surface area contributed by atoms with Crippen molar-refractivity contribution in [3.05, 3.63) is 18.2 Å². The zero-order valence-electron chi connectivity index (χ0n) is 24.1. The van der Waals surface area contributed by atoms with E-state index in [1.807, 2.05) is 13.8 Å². The molecular formula is C26H44N6O9. The quantitative estimate of drug-likeness (QED) is 0.0724. The van der Waals surface area contributed by atoms with Crippen LogP contribution in [-0.4, -0.2) is 107 Å². The third-order valence-corrected chi connectivity index (χ3v) is 6.15. The van der Waals surface area contributed by atoms with Crippen molar-refractivity contribution in [2.24, 2.45) is 7.05 Å². The van der Waals surface area contributed by atoms with Gasteiger partial charge in [0.15, 0.2) is 6.29 Å². The maximum Gasteiger partial charge on any atom is 0.271 e. The molecule has 1 aromatic rings. The Morgan fingerprint density at radius 1 is 1.05 bits per heavy atom. The van der Waals surface area contributed by atoms with Crippen LogP contribution in [0.5, 0.6) is 0 Å². The van der Waals surface area contributed by atoms with Crippen LogP contribution in [0, 0.1) is 0 Å². The summed E-state index contributed by atoms with van der Waals surface area (Å²) >= 11 is 0. The number of amides is 4. The van der Waals surface area contributed by atoms with Gasteiger partial charge in [-0.1, -0.05) is 12.8 Å². The van der Waals surface area contributed by atoms with Gasteiger partial charge in [-0.25, -0.2) is 4.98 Å². The molecule has 232 valence electrons. The topological polar surface area (TPSA) is 202 Å². The van der Waals surface area contributed by atoms with Crippen molar-refractivity contribution in [1.82, 2.24) is 30.8 Å². The molecule has 15 nitrogen and oxygen atoms in total. The molecule has 5 unspecified atom stereocenters. The average Bonchev–Trinajstić information content (AvgIpc) is 3.34. The lowest BCUT2D eigenvalue weighted by Crippen LogP contribution is -2.65. The number of nitrogens with one attached hydrogen (secondary N) is 4. The Hall–Kier alpha value is -3.11. The van der Waals surface area contributed by atoms with Gasteiger partial charge in [0.05, 0.1) is 12.4 Å². The molecule has 1 saturated heterocycles. The van der Waals surface area contributed by atoms with Crippen LogP contribution < -0.4 is 21.3 Å². The van der Waals surface area contributed by atoms with Gasteiger partial charge in [0.1, 0.15) is 43.2 Å². The van der Waals surface area contributed by atoms with E-state index < -0.39 is 48.4 Å². The van der Waals surface area contributed by atoms with Crippen LogP contribution in [0.2, 0.25) is 0 Å². The summed E-state index contributed by atoms with van der Waals surface area (Å²) in [7, 11) is 1.73. The predicted molar refractivity (Wildman–Crippen MR) is 145 cm³/mol. The number of aryl methyl sites for hydroxylation is 1. The summed E-state index contributed by atoms with van der Waals surface area (Å²) in [5.41, 5.74) is 0.194. The second-order valence-electron chi connectivity index (χ2n) is 10.2. The molecule has 2 heterocycles. The molecule has 1 aliphatic heterocycles. The van der Waals surface area contributed by atoms with Crippen molar-refractivity contribution in [2.45, 2.75) is 89.6 Å². The first-order valence-corrected chi connectivity index (χ1v) is 13.8. The summed E-state index contributed by atoms with van der Waals surface area (Å²) < 4.78 is 18.5. The van der Waals surface area contributed by atoms with Gasteiger partial charge in [-0.05, 0) is 26.7 Å². The number of hydrogen-bond donors (Lipinski definition) is 6.